The van der Waals surface area contributed by atoms with Crippen molar-refractivity contribution in [2.45, 2.75) is 32.7 Å². The number of carbonyl (C=O) groups is 1. The predicted molar refractivity (Wildman–Crippen MR) is 128 cm³/mol. The van der Waals surface area contributed by atoms with Gasteiger partial charge < -0.3 is 9.80 Å². The summed E-state index contributed by atoms with van der Waals surface area (Å²) >= 11 is 3.47. The van der Waals surface area contributed by atoms with E-state index in [0.29, 0.717) is 5.91 Å². The Kier molecular flexibility index (Phi) is 6.20. The van der Waals surface area contributed by atoms with Crippen LogP contribution in [-0.2, 0) is 11.3 Å². The van der Waals surface area contributed by atoms with Gasteiger partial charge in [0.05, 0.1) is 20.9 Å². The summed E-state index contributed by atoms with van der Waals surface area (Å²) in [6.07, 6.45) is 2.89. The average Bonchev–Trinajstić information content (AvgIpc) is 3.33. The lowest BCUT2D eigenvalue weighted by Crippen LogP contribution is -2.43. The molecule has 0 radical (unpaired) electrons. The second-order valence-electron chi connectivity index (χ2n) is 8.54. The van der Waals surface area contributed by atoms with E-state index < -0.39 is 0 Å². The van der Waals surface area contributed by atoms with Gasteiger partial charge in [-0.25, -0.2) is 9.97 Å². The average molecular weight is 456 g/mol. The Morgan fingerprint density at radius 3 is 2.68 bits per heavy atom. The number of nitrogens with zero attached hydrogens (tertiary/aromatic N) is 5. The Morgan fingerprint density at radius 2 is 1.90 bits per heavy atom. The van der Waals surface area contributed by atoms with Gasteiger partial charge in [0.2, 0.25) is 5.91 Å². The third kappa shape index (κ3) is 4.76. The fraction of sp³-hybridized carbons (Fsp3) is 0.522. The van der Waals surface area contributed by atoms with Crippen molar-refractivity contribution in [2.24, 2.45) is 5.92 Å². The zero-order valence-electron chi connectivity index (χ0n) is 18.0. The molecule has 0 atom stereocenters. The smallest absolute Gasteiger partial charge is 0.225 e. The normalized spacial score (nSPS) is 19.1. The largest absolute Gasteiger partial charge is 0.348 e. The van der Waals surface area contributed by atoms with Crippen molar-refractivity contribution in [1.29, 1.82) is 0 Å². The maximum Gasteiger partial charge on any atom is 0.225 e. The van der Waals surface area contributed by atoms with Gasteiger partial charge in [0.1, 0.15) is 0 Å². The van der Waals surface area contributed by atoms with Crippen LogP contribution in [-0.4, -0.2) is 64.9 Å². The maximum atomic E-state index is 13.2. The number of benzene rings is 1. The van der Waals surface area contributed by atoms with E-state index in [4.69, 9.17) is 4.98 Å². The highest BCUT2D eigenvalue weighted by Crippen LogP contribution is 2.32. The summed E-state index contributed by atoms with van der Waals surface area (Å²) in [6.45, 7) is 8.47. The lowest BCUT2D eigenvalue weighted by molar-refractivity contribution is -0.136. The van der Waals surface area contributed by atoms with Crippen molar-refractivity contribution in [3.63, 3.8) is 0 Å². The molecule has 0 bridgehead atoms. The summed E-state index contributed by atoms with van der Waals surface area (Å²) in [6, 6.07) is 8.31. The molecule has 164 valence electrons. The van der Waals surface area contributed by atoms with E-state index in [1.54, 1.807) is 22.7 Å². The van der Waals surface area contributed by atoms with Gasteiger partial charge in [0.25, 0.3) is 0 Å². The molecular weight excluding hydrogens is 426 g/mol. The summed E-state index contributed by atoms with van der Waals surface area (Å²) in [5.74, 6) is 0.508. The summed E-state index contributed by atoms with van der Waals surface area (Å²) < 4.78 is 1.23. The lowest BCUT2D eigenvalue weighted by atomic mass is 9.95. The quantitative estimate of drug-likeness (QED) is 0.595. The minimum absolute atomic E-state index is 0.151. The van der Waals surface area contributed by atoms with E-state index in [0.717, 1.165) is 86.4 Å². The molecule has 4 heterocycles. The second kappa shape index (κ2) is 9.22. The van der Waals surface area contributed by atoms with Crippen LogP contribution in [0.1, 0.15) is 30.0 Å². The molecule has 0 saturated carbocycles. The van der Waals surface area contributed by atoms with E-state index >= 15 is 0 Å². The number of para-hydroxylation sites is 1. The molecule has 6 nitrogen and oxygen atoms in total. The highest BCUT2D eigenvalue weighted by molar-refractivity contribution is 7.22. The minimum Gasteiger partial charge on any atom is -0.348 e. The monoisotopic (exact) mass is 455 g/mol. The molecule has 1 aromatic carbocycles. The number of hydrogen-bond donors (Lipinski definition) is 0. The summed E-state index contributed by atoms with van der Waals surface area (Å²) in [5, 5.41) is 4.37. The number of fused-ring (bicyclic) bond motifs is 1. The van der Waals surface area contributed by atoms with Crippen LogP contribution >= 0.6 is 22.7 Å². The molecular formula is C23H29N5OS2. The fourth-order valence-electron chi connectivity index (χ4n) is 4.63. The SMILES string of the molecule is Cc1nc(CN2CCCN(C(=O)C3CCN(c4nc5ccccc5s4)CC3)CC2)cs1. The molecule has 2 aliphatic rings. The van der Waals surface area contributed by atoms with Gasteiger partial charge in [-0.05, 0) is 38.3 Å². The van der Waals surface area contributed by atoms with E-state index in [9.17, 15) is 4.79 Å². The number of amides is 1. The third-order valence-electron chi connectivity index (χ3n) is 6.35. The van der Waals surface area contributed by atoms with Gasteiger partial charge in [0, 0.05) is 57.1 Å². The van der Waals surface area contributed by atoms with Crippen molar-refractivity contribution in [1.82, 2.24) is 19.8 Å². The molecule has 0 N–H and O–H groups in total. The number of piperidine rings is 1. The first kappa shape index (κ1) is 20.8. The van der Waals surface area contributed by atoms with Crippen LogP contribution in [0.2, 0.25) is 0 Å². The second-order valence-corrected chi connectivity index (χ2v) is 10.6. The molecule has 2 aromatic heterocycles. The summed E-state index contributed by atoms with van der Waals surface area (Å²) in [4.78, 5) is 29.5. The van der Waals surface area contributed by atoms with Crippen molar-refractivity contribution in [3.05, 3.63) is 40.3 Å². The van der Waals surface area contributed by atoms with Crippen molar-refractivity contribution in [3.8, 4) is 0 Å². The molecule has 1 amide bonds. The fourth-order valence-corrected chi connectivity index (χ4v) is 6.25. The van der Waals surface area contributed by atoms with E-state index in [-0.39, 0.29) is 5.92 Å². The summed E-state index contributed by atoms with van der Waals surface area (Å²) in [5.41, 5.74) is 2.23. The highest BCUT2D eigenvalue weighted by Gasteiger charge is 2.30. The third-order valence-corrected chi connectivity index (χ3v) is 8.27. The molecule has 31 heavy (non-hydrogen) atoms. The molecule has 3 aromatic rings. The molecule has 5 rings (SSSR count). The minimum atomic E-state index is 0.151. The first-order valence-electron chi connectivity index (χ1n) is 11.2. The van der Waals surface area contributed by atoms with Gasteiger partial charge in [0.15, 0.2) is 5.13 Å². The Hall–Kier alpha value is -2.03. The zero-order valence-corrected chi connectivity index (χ0v) is 19.6. The van der Waals surface area contributed by atoms with Crippen molar-refractivity contribution < 1.29 is 4.79 Å². The Morgan fingerprint density at radius 1 is 1.06 bits per heavy atom. The highest BCUT2D eigenvalue weighted by atomic mass is 32.1. The van der Waals surface area contributed by atoms with E-state index in [2.05, 4.69) is 50.2 Å². The molecule has 2 aliphatic heterocycles. The molecule has 0 aliphatic carbocycles. The lowest BCUT2D eigenvalue weighted by Gasteiger charge is -2.33. The molecule has 0 unspecified atom stereocenters. The van der Waals surface area contributed by atoms with Gasteiger partial charge >= 0.3 is 0 Å². The number of aryl methyl sites for hydroxylation is 1. The van der Waals surface area contributed by atoms with Crippen LogP contribution in [0, 0.1) is 12.8 Å². The summed E-state index contributed by atoms with van der Waals surface area (Å²) in [7, 11) is 0. The predicted octanol–water partition coefficient (Wildman–Crippen LogP) is 4.01. The number of rotatable bonds is 4. The van der Waals surface area contributed by atoms with E-state index in [1.807, 2.05) is 6.07 Å². The van der Waals surface area contributed by atoms with E-state index in [1.165, 1.54) is 4.70 Å². The first-order chi connectivity index (χ1) is 15.2. The van der Waals surface area contributed by atoms with Gasteiger partial charge in [-0.3, -0.25) is 9.69 Å². The van der Waals surface area contributed by atoms with Gasteiger partial charge in [-0.1, -0.05) is 23.5 Å². The first-order valence-corrected chi connectivity index (χ1v) is 12.9. The number of hydrogen-bond acceptors (Lipinski definition) is 7. The molecule has 8 heteroatoms. The van der Waals surface area contributed by atoms with Gasteiger partial charge in [-0.15, -0.1) is 11.3 Å². The van der Waals surface area contributed by atoms with Crippen LogP contribution in [0.25, 0.3) is 10.2 Å². The van der Waals surface area contributed by atoms with Crippen molar-refractivity contribution >= 4 is 43.9 Å². The van der Waals surface area contributed by atoms with Crippen LogP contribution in [0.3, 0.4) is 0 Å². The Balaban J connectivity index is 1.14. The topological polar surface area (TPSA) is 52.6 Å². The Labute approximate surface area is 191 Å². The molecule has 0 spiro atoms. The Bertz CT molecular complexity index is 1010. The standard InChI is InChI=1S/C23H29N5OS2/c1-17-24-19(16-30-17)15-26-9-4-10-27(14-13-26)22(29)18-7-11-28(12-8-18)23-25-20-5-2-3-6-21(20)31-23/h2-3,5-6,16,18H,4,7-15H2,1H3. The molecule has 2 fully saturated rings. The maximum absolute atomic E-state index is 13.2. The zero-order chi connectivity index (χ0) is 21.2. The van der Waals surface area contributed by atoms with Crippen LogP contribution in [0.15, 0.2) is 29.6 Å². The van der Waals surface area contributed by atoms with Crippen LogP contribution in [0.4, 0.5) is 5.13 Å². The van der Waals surface area contributed by atoms with Crippen LogP contribution < -0.4 is 4.90 Å². The van der Waals surface area contributed by atoms with Crippen LogP contribution in [0.5, 0.6) is 0 Å². The number of aromatic nitrogens is 2. The van der Waals surface area contributed by atoms with Gasteiger partial charge in [-0.2, -0.15) is 0 Å². The number of thiazole rings is 2. The van der Waals surface area contributed by atoms with Crippen molar-refractivity contribution in [2.75, 3.05) is 44.2 Å². The number of carbonyl (C=O) groups excluding carboxylic acids is 1. The molecule has 2 saturated heterocycles. The number of anilines is 1.